The molecule has 5 nitrogen and oxygen atoms in total. The minimum atomic E-state index is -0.576. The second-order valence-corrected chi connectivity index (χ2v) is 8.80. The zero-order chi connectivity index (χ0) is 25.2. The number of hydrogen-bond donors (Lipinski definition) is 1. The summed E-state index contributed by atoms with van der Waals surface area (Å²) >= 11 is 0. The van der Waals surface area contributed by atoms with E-state index in [-0.39, 0.29) is 5.97 Å². The molecular weight excluding hydrogens is 446 g/mol. The van der Waals surface area contributed by atoms with E-state index in [0.717, 1.165) is 40.9 Å². The fourth-order valence-corrected chi connectivity index (χ4v) is 4.25. The number of aryl methyl sites for hydroxylation is 1. The number of ether oxygens (including phenoxy) is 1. The van der Waals surface area contributed by atoms with Crippen LogP contribution in [0.1, 0.15) is 42.7 Å². The Morgan fingerprint density at radius 2 is 1.58 bits per heavy atom. The number of carbonyl (C=O) groups excluding carboxylic acids is 1. The van der Waals surface area contributed by atoms with Gasteiger partial charge < -0.3 is 10.1 Å². The summed E-state index contributed by atoms with van der Waals surface area (Å²) in [5.74, 6) is 0.305. The lowest BCUT2D eigenvalue weighted by atomic mass is 10.0. The minimum absolute atomic E-state index is 0.294. The van der Waals surface area contributed by atoms with E-state index >= 15 is 0 Å². The maximum Gasteiger partial charge on any atom is 0.328 e. The summed E-state index contributed by atoms with van der Waals surface area (Å²) in [7, 11) is 0. The highest BCUT2D eigenvalue weighted by atomic mass is 16.5. The molecule has 4 rings (SSSR count). The standard InChI is InChI=1S/C31H33N3O2/c1-3-12-23-15-11-16-25(19-23)21-28(31(35)36-4-2)34-30-27(20-24-13-7-5-8-14-24)33-29(22-32-30)26-17-9-6-10-18-26/h5-11,13-19,22,28H,3-4,12,20-21H2,1-2H3,(H,32,34). The molecular formula is C31H33N3O2. The molecule has 0 aliphatic heterocycles. The third-order valence-corrected chi connectivity index (χ3v) is 5.98. The molecule has 0 radical (unpaired) electrons. The fourth-order valence-electron chi connectivity index (χ4n) is 4.25. The molecule has 0 fully saturated rings. The van der Waals surface area contributed by atoms with E-state index in [2.05, 4.69) is 48.6 Å². The molecule has 1 unspecified atom stereocenters. The van der Waals surface area contributed by atoms with Crippen LogP contribution in [0.2, 0.25) is 0 Å². The van der Waals surface area contributed by atoms with E-state index in [1.807, 2.05) is 55.5 Å². The van der Waals surface area contributed by atoms with Crippen molar-refractivity contribution < 1.29 is 9.53 Å². The van der Waals surface area contributed by atoms with E-state index in [0.29, 0.717) is 25.3 Å². The summed E-state index contributed by atoms with van der Waals surface area (Å²) in [6.45, 7) is 4.32. The predicted molar refractivity (Wildman–Crippen MR) is 145 cm³/mol. The van der Waals surface area contributed by atoms with Gasteiger partial charge in [-0.15, -0.1) is 0 Å². The smallest absolute Gasteiger partial charge is 0.328 e. The van der Waals surface area contributed by atoms with Gasteiger partial charge >= 0.3 is 5.97 Å². The molecule has 0 bridgehead atoms. The van der Waals surface area contributed by atoms with Gasteiger partial charge in [-0.2, -0.15) is 0 Å². The van der Waals surface area contributed by atoms with Crippen LogP contribution in [-0.2, 0) is 28.8 Å². The fraction of sp³-hybridized carbons (Fsp3) is 0.258. The third-order valence-electron chi connectivity index (χ3n) is 5.98. The molecule has 1 heterocycles. The summed E-state index contributed by atoms with van der Waals surface area (Å²) in [6, 6.07) is 28.0. The number of esters is 1. The van der Waals surface area contributed by atoms with Crippen LogP contribution in [0, 0.1) is 0 Å². The zero-order valence-electron chi connectivity index (χ0n) is 21.0. The normalized spacial score (nSPS) is 11.6. The van der Waals surface area contributed by atoms with Crippen LogP contribution in [0.15, 0.2) is 91.1 Å². The Morgan fingerprint density at radius 3 is 2.31 bits per heavy atom. The summed E-state index contributed by atoms with van der Waals surface area (Å²) in [6.07, 6.45) is 4.95. The lowest BCUT2D eigenvalue weighted by Crippen LogP contribution is -2.34. The topological polar surface area (TPSA) is 64.1 Å². The number of aromatic nitrogens is 2. The van der Waals surface area contributed by atoms with Gasteiger partial charge in [0.2, 0.25) is 0 Å². The van der Waals surface area contributed by atoms with Crippen LogP contribution in [0.3, 0.4) is 0 Å². The third kappa shape index (κ3) is 6.79. The summed E-state index contributed by atoms with van der Waals surface area (Å²) in [5.41, 5.74) is 6.07. The van der Waals surface area contributed by atoms with Crippen LogP contribution in [-0.4, -0.2) is 28.6 Å². The molecule has 0 saturated carbocycles. The van der Waals surface area contributed by atoms with Gasteiger partial charge in [0.05, 0.1) is 24.2 Å². The van der Waals surface area contributed by atoms with E-state index in [4.69, 9.17) is 14.7 Å². The first kappa shape index (κ1) is 25.1. The Bertz CT molecular complexity index is 1260. The molecule has 4 aromatic rings. The SMILES string of the molecule is CCCc1cccc(CC(Nc2ncc(-c3ccccc3)nc2Cc2ccccc2)C(=O)OCC)c1. The van der Waals surface area contributed by atoms with Gasteiger partial charge in [0.25, 0.3) is 0 Å². The zero-order valence-corrected chi connectivity index (χ0v) is 21.0. The van der Waals surface area contributed by atoms with Crippen molar-refractivity contribution in [3.05, 3.63) is 114 Å². The van der Waals surface area contributed by atoms with Crippen LogP contribution in [0.5, 0.6) is 0 Å². The molecule has 0 amide bonds. The van der Waals surface area contributed by atoms with Gasteiger partial charge in [-0.3, -0.25) is 0 Å². The first-order valence-corrected chi connectivity index (χ1v) is 12.6. The molecule has 36 heavy (non-hydrogen) atoms. The lowest BCUT2D eigenvalue weighted by molar-refractivity contribution is -0.144. The number of nitrogens with one attached hydrogen (secondary N) is 1. The highest BCUT2D eigenvalue weighted by Crippen LogP contribution is 2.23. The molecule has 3 aromatic carbocycles. The predicted octanol–water partition coefficient (Wildman–Crippen LogP) is 6.27. The van der Waals surface area contributed by atoms with Crippen molar-refractivity contribution in [3.8, 4) is 11.3 Å². The maximum absolute atomic E-state index is 13.0. The Hall–Kier alpha value is -3.99. The molecule has 0 spiro atoms. The average molecular weight is 480 g/mol. The van der Waals surface area contributed by atoms with Crippen molar-refractivity contribution in [1.29, 1.82) is 0 Å². The number of carbonyl (C=O) groups is 1. The van der Waals surface area contributed by atoms with Gasteiger partial charge in [-0.25, -0.2) is 14.8 Å². The highest BCUT2D eigenvalue weighted by molar-refractivity contribution is 5.79. The summed E-state index contributed by atoms with van der Waals surface area (Å²) in [5, 5.41) is 3.38. The second-order valence-electron chi connectivity index (χ2n) is 8.80. The molecule has 184 valence electrons. The van der Waals surface area contributed by atoms with Gasteiger partial charge in [0, 0.05) is 18.4 Å². The van der Waals surface area contributed by atoms with Crippen molar-refractivity contribution in [1.82, 2.24) is 9.97 Å². The number of anilines is 1. The number of benzene rings is 3. The van der Waals surface area contributed by atoms with E-state index in [1.165, 1.54) is 5.56 Å². The van der Waals surface area contributed by atoms with E-state index < -0.39 is 6.04 Å². The Morgan fingerprint density at radius 1 is 0.889 bits per heavy atom. The molecule has 0 aliphatic rings. The maximum atomic E-state index is 13.0. The Balaban J connectivity index is 1.66. The molecule has 5 heteroatoms. The lowest BCUT2D eigenvalue weighted by Gasteiger charge is -2.20. The summed E-state index contributed by atoms with van der Waals surface area (Å²) < 4.78 is 5.43. The monoisotopic (exact) mass is 479 g/mol. The van der Waals surface area contributed by atoms with Crippen molar-refractivity contribution in [3.63, 3.8) is 0 Å². The van der Waals surface area contributed by atoms with Gasteiger partial charge in [-0.05, 0) is 30.0 Å². The Kier molecular flexibility index (Phi) is 8.82. The van der Waals surface area contributed by atoms with Gasteiger partial charge in [0.1, 0.15) is 11.9 Å². The van der Waals surface area contributed by atoms with E-state index in [1.54, 1.807) is 6.20 Å². The number of rotatable bonds is 11. The Labute approximate surface area is 213 Å². The van der Waals surface area contributed by atoms with Gasteiger partial charge in [0.15, 0.2) is 0 Å². The first-order chi connectivity index (χ1) is 17.7. The molecule has 0 saturated heterocycles. The minimum Gasteiger partial charge on any atom is -0.464 e. The van der Waals surface area contributed by atoms with Crippen molar-refractivity contribution >= 4 is 11.8 Å². The number of nitrogens with zero attached hydrogens (tertiary/aromatic N) is 2. The van der Waals surface area contributed by atoms with Crippen molar-refractivity contribution in [2.45, 2.75) is 45.6 Å². The molecule has 1 atom stereocenters. The second kappa shape index (κ2) is 12.6. The molecule has 1 aromatic heterocycles. The van der Waals surface area contributed by atoms with E-state index in [9.17, 15) is 4.79 Å². The van der Waals surface area contributed by atoms with Gasteiger partial charge in [-0.1, -0.05) is 98.3 Å². The largest absolute Gasteiger partial charge is 0.464 e. The number of hydrogen-bond acceptors (Lipinski definition) is 5. The van der Waals surface area contributed by atoms with Crippen molar-refractivity contribution in [2.75, 3.05) is 11.9 Å². The quantitative estimate of drug-likeness (QED) is 0.257. The molecule has 1 N–H and O–H groups in total. The van der Waals surface area contributed by atoms with Crippen LogP contribution in [0.4, 0.5) is 5.82 Å². The molecule has 0 aliphatic carbocycles. The average Bonchev–Trinajstić information content (AvgIpc) is 2.91. The van der Waals surface area contributed by atoms with Crippen LogP contribution in [0.25, 0.3) is 11.3 Å². The van der Waals surface area contributed by atoms with Crippen LogP contribution < -0.4 is 5.32 Å². The highest BCUT2D eigenvalue weighted by Gasteiger charge is 2.23. The summed E-state index contributed by atoms with van der Waals surface area (Å²) in [4.78, 5) is 22.7. The van der Waals surface area contributed by atoms with Crippen molar-refractivity contribution in [2.24, 2.45) is 0 Å². The first-order valence-electron chi connectivity index (χ1n) is 12.6. The van der Waals surface area contributed by atoms with Crippen LogP contribution >= 0.6 is 0 Å².